The second-order valence-electron chi connectivity index (χ2n) is 11.9. The fraction of sp³-hybridized carbons (Fsp3) is 0.793. The Hall–Kier alpha value is -1.46. The minimum Gasteiger partial charge on any atom is -0.477 e. The van der Waals surface area contributed by atoms with Gasteiger partial charge in [-0.05, 0) is 80.0 Å². The molecule has 4 rings (SSSR count). The molecule has 1 heterocycles. The van der Waals surface area contributed by atoms with E-state index < -0.39 is 0 Å². The molecule has 190 valence electrons. The molecule has 3 saturated carbocycles. The fourth-order valence-corrected chi connectivity index (χ4v) is 8.54. The van der Waals surface area contributed by atoms with Crippen molar-refractivity contribution in [1.29, 1.82) is 0 Å². The monoisotopic (exact) mass is 470 g/mol. The Bertz CT molecular complexity index is 847. The van der Waals surface area contributed by atoms with Crippen LogP contribution in [0.1, 0.15) is 85.5 Å². The molecular weight excluding hydrogens is 424 g/mol. The van der Waals surface area contributed by atoms with Crippen LogP contribution < -0.4 is 4.74 Å². The molecule has 0 radical (unpaired) electrons. The largest absolute Gasteiger partial charge is 0.477 e. The number of hydrogen-bond donors (Lipinski definition) is 1. The number of ether oxygens (including phenoxy) is 2. The van der Waals surface area contributed by atoms with Gasteiger partial charge in [-0.1, -0.05) is 46.3 Å². The van der Waals surface area contributed by atoms with E-state index in [1.165, 1.54) is 31.3 Å². The van der Waals surface area contributed by atoms with Crippen molar-refractivity contribution < 1.29 is 14.6 Å². The number of hydrogen-bond acceptors (Lipinski definition) is 5. The van der Waals surface area contributed by atoms with E-state index in [1.807, 2.05) is 7.11 Å². The Kier molecular flexibility index (Phi) is 7.45. The lowest BCUT2D eigenvalue weighted by molar-refractivity contribution is -0.196. The van der Waals surface area contributed by atoms with Crippen LogP contribution in [-0.2, 0) is 4.74 Å². The highest BCUT2D eigenvalue weighted by atomic mass is 16.5. The quantitative estimate of drug-likeness (QED) is 0.457. The zero-order valence-electron chi connectivity index (χ0n) is 22.1. The minimum atomic E-state index is -0.223. The lowest BCUT2D eigenvalue weighted by Crippen LogP contribution is -2.61. The van der Waals surface area contributed by atoms with Crippen LogP contribution in [0, 0.1) is 34.0 Å². The van der Waals surface area contributed by atoms with Gasteiger partial charge in [0.05, 0.1) is 25.0 Å². The van der Waals surface area contributed by atoms with Gasteiger partial charge in [0.1, 0.15) is 0 Å². The van der Waals surface area contributed by atoms with Crippen LogP contribution in [0.15, 0.2) is 30.7 Å². The van der Waals surface area contributed by atoms with Gasteiger partial charge in [0, 0.05) is 24.9 Å². The van der Waals surface area contributed by atoms with Crippen molar-refractivity contribution in [2.75, 3.05) is 13.7 Å². The topological polar surface area (TPSA) is 64.5 Å². The summed E-state index contributed by atoms with van der Waals surface area (Å²) in [7, 11) is 1.95. The maximum Gasteiger partial charge on any atom is 0.232 e. The van der Waals surface area contributed by atoms with Crippen molar-refractivity contribution in [3.05, 3.63) is 30.7 Å². The van der Waals surface area contributed by atoms with E-state index in [0.29, 0.717) is 30.2 Å². The molecule has 0 spiro atoms. The molecule has 5 nitrogen and oxygen atoms in total. The molecule has 1 aromatic heterocycles. The fourth-order valence-electron chi connectivity index (χ4n) is 8.54. The summed E-state index contributed by atoms with van der Waals surface area (Å²) >= 11 is 0. The predicted octanol–water partition coefficient (Wildman–Crippen LogP) is 6.23. The lowest BCUT2D eigenvalue weighted by atomic mass is 9.44. The molecule has 0 aromatic carbocycles. The molecule has 34 heavy (non-hydrogen) atoms. The van der Waals surface area contributed by atoms with Crippen molar-refractivity contribution >= 4 is 0 Å². The maximum atomic E-state index is 10.6. The summed E-state index contributed by atoms with van der Waals surface area (Å²) in [5, 5.41) is 10.6. The van der Waals surface area contributed by atoms with Crippen molar-refractivity contribution in [3.8, 4) is 5.88 Å². The van der Waals surface area contributed by atoms with Crippen molar-refractivity contribution in [2.24, 2.45) is 34.0 Å². The standard InChI is InChI=1S/C29H46N2O3/c1-7-20(2)29-14-8-21(3)28(29,5)13-10-24(26(29)33-6)27(4)12-9-23(32)18-22(27)11-17-34-25-19-30-15-16-31-25/h15-16,19-20,22-24,26,32H,3,7-14,17-18H2,1-2,4-6H3. The van der Waals surface area contributed by atoms with E-state index in [2.05, 4.69) is 44.2 Å². The first-order valence-corrected chi connectivity index (χ1v) is 13.5. The summed E-state index contributed by atoms with van der Waals surface area (Å²) in [5.74, 6) is 2.02. The van der Waals surface area contributed by atoms with E-state index in [4.69, 9.17) is 9.47 Å². The average molecular weight is 471 g/mol. The SMILES string of the molecule is C=C1CCC2(C(C)CC)C(OC)C(C3(C)CCC(O)CC3CCOc3cnccn3)CCC12C. The van der Waals surface area contributed by atoms with Gasteiger partial charge in [-0.15, -0.1) is 0 Å². The summed E-state index contributed by atoms with van der Waals surface area (Å²) < 4.78 is 12.5. The third-order valence-electron chi connectivity index (χ3n) is 10.8. The van der Waals surface area contributed by atoms with E-state index >= 15 is 0 Å². The molecule has 1 N–H and O–H groups in total. The third kappa shape index (κ3) is 4.01. The van der Waals surface area contributed by atoms with Crippen LogP contribution in [0.3, 0.4) is 0 Å². The molecule has 3 fully saturated rings. The Morgan fingerprint density at radius 1 is 1.21 bits per heavy atom. The number of nitrogens with zero attached hydrogens (tertiary/aromatic N) is 2. The predicted molar refractivity (Wildman–Crippen MR) is 135 cm³/mol. The second kappa shape index (κ2) is 9.89. The highest BCUT2D eigenvalue weighted by Crippen LogP contribution is 2.70. The summed E-state index contributed by atoms with van der Waals surface area (Å²) in [4.78, 5) is 8.36. The molecule has 0 aliphatic heterocycles. The molecule has 5 heteroatoms. The van der Waals surface area contributed by atoms with Gasteiger partial charge in [-0.2, -0.15) is 0 Å². The van der Waals surface area contributed by atoms with Gasteiger partial charge in [0.2, 0.25) is 5.88 Å². The summed E-state index contributed by atoms with van der Waals surface area (Å²) in [5.41, 5.74) is 1.83. The van der Waals surface area contributed by atoms with E-state index in [0.717, 1.165) is 32.1 Å². The molecule has 0 saturated heterocycles. The third-order valence-corrected chi connectivity index (χ3v) is 10.8. The van der Waals surface area contributed by atoms with Crippen molar-refractivity contribution in [1.82, 2.24) is 9.97 Å². The normalized spacial score (nSPS) is 41.2. The smallest absolute Gasteiger partial charge is 0.232 e. The van der Waals surface area contributed by atoms with Crippen LogP contribution in [0.4, 0.5) is 0 Å². The van der Waals surface area contributed by atoms with Gasteiger partial charge in [0.15, 0.2) is 0 Å². The van der Waals surface area contributed by atoms with E-state index in [9.17, 15) is 5.11 Å². The number of aromatic nitrogens is 2. The number of aliphatic hydroxyl groups excluding tert-OH is 1. The summed E-state index contributed by atoms with van der Waals surface area (Å²) in [6, 6.07) is 0. The summed E-state index contributed by atoms with van der Waals surface area (Å²) in [6.07, 6.45) is 14.5. The van der Waals surface area contributed by atoms with Crippen LogP contribution in [0.25, 0.3) is 0 Å². The van der Waals surface area contributed by atoms with Crippen LogP contribution in [-0.4, -0.2) is 41.0 Å². The molecule has 1 aromatic rings. The minimum absolute atomic E-state index is 0.108. The Labute approximate surface area is 206 Å². The molecule has 8 atom stereocenters. The highest BCUT2D eigenvalue weighted by molar-refractivity contribution is 5.28. The summed E-state index contributed by atoms with van der Waals surface area (Å²) in [6.45, 7) is 14.9. The second-order valence-corrected chi connectivity index (χ2v) is 11.9. The number of allylic oxidation sites excluding steroid dienone is 1. The molecule has 8 unspecified atom stereocenters. The van der Waals surface area contributed by atoms with Gasteiger partial charge in [0.25, 0.3) is 0 Å². The van der Waals surface area contributed by atoms with Crippen LogP contribution >= 0.6 is 0 Å². The molecule has 3 aliphatic rings. The zero-order valence-corrected chi connectivity index (χ0v) is 22.1. The van der Waals surface area contributed by atoms with Crippen LogP contribution in [0.5, 0.6) is 5.88 Å². The Morgan fingerprint density at radius 3 is 2.68 bits per heavy atom. The maximum absolute atomic E-state index is 10.6. The van der Waals surface area contributed by atoms with Crippen molar-refractivity contribution in [3.63, 3.8) is 0 Å². The number of fused-ring (bicyclic) bond motifs is 1. The molecule has 0 amide bonds. The first-order valence-electron chi connectivity index (χ1n) is 13.5. The van der Waals surface area contributed by atoms with Crippen LogP contribution in [0.2, 0.25) is 0 Å². The Morgan fingerprint density at radius 2 is 2.00 bits per heavy atom. The highest BCUT2D eigenvalue weighted by Gasteiger charge is 2.66. The number of aliphatic hydroxyl groups is 1. The number of methoxy groups -OCH3 is 1. The van der Waals surface area contributed by atoms with Crippen molar-refractivity contribution in [2.45, 2.75) is 97.7 Å². The average Bonchev–Trinajstić information content (AvgIpc) is 3.12. The molecule has 0 bridgehead atoms. The van der Waals surface area contributed by atoms with Gasteiger partial charge in [-0.25, -0.2) is 4.98 Å². The van der Waals surface area contributed by atoms with Gasteiger partial charge >= 0.3 is 0 Å². The number of rotatable bonds is 8. The first-order chi connectivity index (χ1) is 16.2. The van der Waals surface area contributed by atoms with Gasteiger partial charge < -0.3 is 14.6 Å². The van der Waals surface area contributed by atoms with E-state index in [1.54, 1.807) is 18.6 Å². The van der Waals surface area contributed by atoms with Gasteiger partial charge in [-0.3, -0.25) is 4.98 Å². The molecule has 3 aliphatic carbocycles. The molecular formula is C29H46N2O3. The Balaban J connectivity index is 1.62. The zero-order chi connectivity index (χ0) is 24.6. The van der Waals surface area contributed by atoms with E-state index in [-0.39, 0.29) is 28.5 Å². The lowest BCUT2D eigenvalue weighted by Gasteiger charge is -2.63. The first kappa shape index (κ1) is 25.6.